The third-order valence-electron chi connectivity index (χ3n) is 4.16. The van der Waals surface area contributed by atoms with Crippen LogP contribution >= 0.6 is 11.6 Å². The van der Waals surface area contributed by atoms with E-state index in [0.29, 0.717) is 28.6 Å². The summed E-state index contributed by atoms with van der Waals surface area (Å²) in [5.74, 6) is 0. The number of nitro groups is 1. The van der Waals surface area contributed by atoms with Crippen molar-refractivity contribution in [2.24, 2.45) is 5.41 Å². The zero-order valence-corrected chi connectivity index (χ0v) is 12.7. The maximum absolute atomic E-state index is 11.0. The van der Waals surface area contributed by atoms with Crippen molar-refractivity contribution in [3.05, 3.63) is 38.9 Å². The zero-order valence-electron chi connectivity index (χ0n) is 12.0. The molecule has 2 rings (SSSR count). The molecule has 0 unspecified atom stereocenters. The summed E-state index contributed by atoms with van der Waals surface area (Å²) < 4.78 is 0. The van der Waals surface area contributed by atoms with Crippen molar-refractivity contribution in [1.82, 2.24) is 5.32 Å². The van der Waals surface area contributed by atoms with Crippen molar-refractivity contribution in [2.75, 3.05) is 0 Å². The molecule has 1 saturated carbocycles. The summed E-state index contributed by atoms with van der Waals surface area (Å²) in [6, 6.07) is 5.16. The van der Waals surface area contributed by atoms with Crippen LogP contribution in [-0.2, 0) is 6.54 Å². The lowest BCUT2D eigenvalue weighted by Crippen LogP contribution is -2.35. The number of rotatable bonds is 4. The Labute approximate surface area is 124 Å². The summed E-state index contributed by atoms with van der Waals surface area (Å²) in [6.07, 6.45) is 4.65. The summed E-state index contributed by atoms with van der Waals surface area (Å²) >= 11 is 5.93. The van der Waals surface area contributed by atoms with Crippen molar-refractivity contribution >= 4 is 17.3 Å². The van der Waals surface area contributed by atoms with Gasteiger partial charge in [0.1, 0.15) is 0 Å². The number of nitrogens with zero attached hydrogens (tertiary/aromatic N) is 1. The van der Waals surface area contributed by atoms with Crippen LogP contribution in [0.15, 0.2) is 18.2 Å². The first kappa shape index (κ1) is 15.3. The molecule has 0 atom stereocenters. The van der Waals surface area contributed by atoms with Gasteiger partial charge in [0, 0.05) is 29.2 Å². The molecule has 1 aliphatic rings. The molecule has 1 fully saturated rings. The van der Waals surface area contributed by atoms with Crippen LogP contribution in [0.5, 0.6) is 0 Å². The van der Waals surface area contributed by atoms with Gasteiger partial charge in [-0.3, -0.25) is 10.1 Å². The van der Waals surface area contributed by atoms with E-state index in [9.17, 15) is 10.1 Å². The summed E-state index contributed by atoms with van der Waals surface area (Å²) in [7, 11) is 0. The van der Waals surface area contributed by atoms with Crippen molar-refractivity contribution in [1.29, 1.82) is 0 Å². The first-order valence-corrected chi connectivity index (χ1v) is 7.41. The van der Waals surface area contributed by atoms with Crippen LogP contribution in [0.4, 0.5) is 5.69 Å². The quantitative estimate of drug-likeness (QED) is 0.665. The Morgan fingerprint density at radius 2 is 2.05 bits per heavy atom. The monoisotopic (exact) mass is 296 g/mol. The van der Waals surface area contributed by atoms with Crippen LogP contribution in [0.1, 0.15) is 45.1 Å². The highest BCUT2D eigenvalue weighted by molar-refractivity contribution is 6.30. The molecule has 110 valence electrons. The van der Waals surface area contributed by atoms with Gasteiger partial charge in [0.2, 0.25) is 0 Å². The Morgan fingerprint density at radius 1 is 1.40 bits per heavy atom. The van der Waals surface area contributed by atoms with Gasteiger partial charge >= 0.3 is 0 Å². The molecule has 1 N–H and O–H groups in total. The van der Waals surface area contributed by atoms with Crippen LogP contribution in [0.25, 0.3) is 0 Å². The number of hydrogen-bond donors (Lipinski definition) is 1. The molecule has 0 spiro atoms. The molecule has 0 amide bonds. The molecule has 20 heavy (non-hydrogen) atoms. The van der Waals surface area contributed by atoms with Crippen molar-refractivity contribution < 1.29 is 4.92 Å². The number of nitro benzene ring substituents is 1. The van der Waals surface area contributed by atoms with E-state index in [1.807, 2.05) is 0 Å². The Morgan fingerprint density at radius 3 is 2.65 bits per heavy atom. The van der Waals surface area contributed by atoms with E-state index < -0.39 is 0 Å². The van der Waals surface area contributed by atoms with E-state index in [-0.39, 0.29) is 10.6 Å². The van der Waals surface area contributed by atoms with Crippen LogP contribution in [0, 0.1) is 15.5 Å². The van der Waals surface area contributed by atoms with Crippen LogP contribution in [-0.4, -0.2) is 11.0 Å². The third kappa shape index (κ3) is 3.93. The van der Waals surface area contributed by atoms with E-state index in [0.717, 1.165) is 12.8 Å². The molecule has 0 aliphatic heterocycles. The van der Waals surface area contributed by atoms with Gasteiger partial charge in [-0.1, -0.05) is 25.4 Å². The van der Waals surface area contributed by atoms with Crippen molar-refractivity contribution in [3.8, 4) is 0 Å². The van der Waals surface area contributed by atoms with Gasteiger partial charge < -0.3 is 5.32 Å². The maximum atomic E-state index is 11.0. The normalized spacial score (nSPS) is 18.9. The second-order valence-corrected chi connectivity index (χ2v) is 6.79. The van der Waals surface area contributed by atoms with Crippen LogP contribution in [0.2, 0.25) is 5.02 Å². The van der Waals surface area contributed by atoms with Crippen LogP contribution in [0.3, 0.4) is 0 Å². The van der Waals surface area contributed by atoms with Gasteiger partial charge in [-0.15, -0.1) is 0 Å². The fraction of sp³-hybridized carbons (Fsp3) is 0.600. The van der Waals surface area contributed by atoms with Gasteiger partial charge in [0.25, 0.3) is 5.69 Å². The van der Waals surface area contributed by atoms with E-state index in [2.05, 4.69) is 19.2 Å². The lowest BCUT2D eigenvalue weighted by molar-refractivity contribution is -0.385. The predicted octanol–water partition coefficient (Wildman–Crippen LogP) is 4.31. The lowest BCUT2D eigenvalue weighted by atomic mass is 9.75. The average molecular weight is 297 g/mol. The predicted molar refractivity (Wildman–Crippen MR) is 81.0 cm³/mol. The molecule has 1 aliphatic carbocycles. The summed E-state index contributed by atoms with van der Waals surface area (Å²) in [6.45, 7) is 5.10. The maximum Gasteiger partial charge on any atom is 0.273 e. The number of nitrogens with one attached hydrogen (secondary N) is 1. The van der Waals surface area contributed by atoms with Gasteiger partial charge in [-0.25, -0.2) is 0 Å². The highest BCUT2D eigenvalue weighted by atomic mass is 35.5. The first-order valence-electron chi connectivity index (χ1n) is 7.04. The average Bonchev–Trinajstić information content (AvgIpc) is 2.37. The Bertz CT molecular complexity index is 493. The molecule has 0 saturated heterocycles. The number of halogens is 1. The fourth-order valence-electron chi connectivity index (χ4n) is 2.73. The summed E-state index contributed by atoms with van der Waals surface area (Å²) in [5, 5.41) is 15.0. The molecule has 0 bridgehead atoms. The van der Waals surface area contributed by atoms with Crippen molar-refractivity contribution in [3.63, 3.8) is 0 Å². The topological polar surface area (TPSA) is 55.2 Å². The van der Waals surface area contributed by atoms with Gasteiger partial charge in [0.05, 0.1) is 4.92 Å². The molecule has 0 heterocycles. The molecule has 5 heteroatoms. The highest BCUT2D eigenvalue weighted by Crippen LogP contribution is 2.35. The van der Waals surface area contributed by atoms with E-state index in [1.54, 1.807) is 12.1 Å². The minimum Gasteiger partial charge on any atom is -0.310 e. The minimum absolute atomic E-state index is 0.137. The molecule has 4 nitrogen and oxygen atoms in total. The standard InChI is InChI=1S/C15H21ClN2O2/c1-15(2)7-5-13(6-8-15)17-10-11-9-12(16)3-4-14(11)18(19)20/h3-4,9,13,17H,5-8,10H2,1-2H3. The molecule has 1 aromatic rings. The second kappa shape index (κ2) is 6.10. The Hall–Kier alpha value is -1.13. The Balaban J connectivity index is 1.97. The molecule has 0 radical (unpaired) electrons. The zero-order chi connectivity index (χ0) is 14.8. The van der Waals surface area contributed by atoms with E-state index in [1.165, 1.54) is 18.9 Å². The molecule has 0 aromatic heterocycles. The van der Waals surface area contributed by atoms with Gasteiger partial charge in [-0.05, 0) is 43.2 Å². The smallest absolute Gasteiger partial charge is 0.273 e. The molecular formula is C15H21ClN2O2. The summed E-state index contributed by atoms with van der Waals surface area (Å²) in [4.78, 5) is 10.7. The van der Waals surface area contributed by atoms with Crippen LogP contribution < -0.4 is 5.32 Å². The minimum atomic E-state index is -0.350. The van der Waals surface area contributed by atoms with Gasteiger partial charge in [0.15, 0.2) is 0 Å². The fourth-order valence-corrected chi connectivity index (χ4v) is 2.93. The molecular weight excluding hydrogens is 276 g/mol. The Kier molecular flexibility index (Phi) is 4.66. The summed E-state index contributed by atoms with van der Waals surface area (Å²) in [5.41, 5.74) is 1.23. The van der Waals surface area contributed by atoms with Gasteiger partial charge in [-0.2, -0.15) is 0 Å². The first-order chi connectivity index (χ1) is 9.37. The molecule has 1 aromatic carbocycles. The number of benzene rings is 1. The van der Waals surface area contributed by atoms with E-state index in [4.69, 9.17) is 11.6 Å². The van der Waals surface area contributed by atoms with Crippen molar-refractivity contribution in [2.45, 2.75) is 52.1 Å². The third-order valence-corrected chi connectivity index (χ3v) is 4.39. The second-order valence-electron chi connectivity index (χ2n) is 6.35. The SMILES string of the molecule is CC1(C)CCC(NCc2cc(Cl)ccc2[N+](=O)[O-])CC1. The lowest BCUT2D eigenvalue weighted by Gasteiger charge is -2.34. The number of hydrogen-bond acceptors (Lipinski definition) is 3. The highest BCUT2D eigenvalue weighted by Gasteiger charge is 2.26. The van der Waals surface area contributed by atoms with E-state index >= 15 is 0 Å². The largest absolute Gasteiger partial charge is 0.310 e.